The second kappa shape index (κ2) is 8.81. The van der Waals surface area contributed by atoms with E-state index >= 15 is 0 Å². The van der Waals surface area contributed by atoms with E-state index in [1.807, 2.05) is 62.4 Å². The predicted octanol–water partition coefficient (Wildman–Crippen LogP) is 3.12. The third kappa shape index (κ3) is 4.27. The molecule has 0 saturated carbocycles. The van der Waals surface area contributed by atoms with Crippen LogP contribution in [0.15, 0.2) is 63.2 Å². The average Bonchev–Trinajstić information content (AvgIpc) is 3.10. The van der Waals surface area contributed by atoms with E-state index in [4.69, 9.17) is 9.72 Å². The number of ether oxygens (including phenoxy) is 1. The number of hydrogen-bond acceptors (Lipinski definition) is 6. The van der Waals surface area contributed by atoms with E-state index in [-0.39, 0.29) is 24.2 Å². The first-order valence-corrected chi connectivity index (χ1v) is 10.8. The number of fused-ring (bicyclic) bond motifs is 3. The van der Waals surface area contributed by atoms with E-state index in [1.165, 1.54) is 20.8 Å². The van der Waals surface area contributed by atoms with Gasteiger partial charge in [0.15, 0.2) is 5.65 Å². The molecule has 0 unspecified atom stereocenters. The molecule has 0 saturated heterocycles. The average molecular weight is 438 g/mol. The van der Waals surface area contributed by atoms with Crippen LogP contribution in [-0.2, 0) is 11.3 Å². The molecule has 8 nitrogen and oxygen atoms in total. The lowest BCUT2D eigenvalue weighted by Crippen LogP contribution is -2.37. The Labute approximate surface area is 183 Å². The summed E-state index contributed by atoms with van der Waals surface area (Å²) in [5.74, 6) is 0.477. The molecule has 0 aliphatic rings. The number of nitrogens with one attached hydrogen (secondary N) is 1. The van der Waals surface area contributed by atoms with Crippen molar-refractivity contribution >= 4 is 34.3 Å². The van der Waals surface area contributed by atoms with Gasteiger partial charge in [0, 0.05) is 10.9 Å². The number of hydrogen-bond donors (Lipinski definition) is 1. The lowest BCUT2D eigenvalue weighted by atomic mass is 10.2. The van der Waals surface area contributed by atoms with Gasteiger partial charge in [0.2, 0.25) is 5.91 Å². The number of carbonyl (C=O) groups excluding carboxylic acids is 1. The fourth-order valence-corrected chi connectivity index (χ4v) is 4.09. The van der Waals surface area contributed by atoms with Gasteiger partial charge in [-0.3, -0.25) is 4.79 Å². The molecule has 0 radical (unpaired) electrons. The number of benzene rings is 2. The van der Waals surface area contributed by atoms with Crippen LogP contribution in [0.2, 0.25) is 0 Å². The summed E-state index contributed by atoms with van der Waals surface area (Å²) < 4.78 is 8.01. The molecule has 4 aromatic rings. The van der Waals surface area contributed by atoms with E-state index in [1.54, 1.807) is 7.11 Å². The molecule has 4 rings (SSSR count). The first-order valence-electron chi connectivity index (χ1n) is 9.99. The van der Waals surface area contributed by atoms with Gasteiger partial charge < -0.3 is 10.1 Å². The molecule has 2 aromatic heterocycles. The molecule has 1 N–H and O–H groups in total. The molecule has 160 valence electrons. The number of nitrogens with zero attached hydrogens (tertiary/aromatic N) is 4. The van der Waals surface area contributed by atoms with Gasteiger partial charge in [-0.15, -0.1) is 5.10 Å². The van der Waals surface area contributed by atoms with Crippen LogP contribution in [0.5, 0.6) is 5.75 Å². The van der Waals surface area contributed by atoms with Crippen molar-refractivity contribution in [3.63, 3.8) is 0 Å². The molecule has 2 aromatic carbocycles. The van der Waals surface area contributed by atoms with Crippen LogP contribution >= 0.6 is 11.8 Å². The van der Waals surface area contributed by atoms with Crippen LogP contribution in [0.3, 0.4) is 0 Å². The van der Waals surface area contributed by atoms with Gasteiger partial charge >= 0.3 is 5.69 Å². The van der Waals surface area contributed by atoms with Gasteiger partial charge in [-0.1, -0.05) is 36.9 Å². The molecule has 9 heteroatoms. The number of para-hydroxylation sites is 2. The Bertz CT molecular complexity index is 1310. The fourth-order valence-electron chi connectivity index (χ4n) is 3.18. The van der Waals surface area contributed by atoms with Crippen LogP contribution in [0.25, 0.3) is 16.7 Å². The normalized spacial score (nSPS) is 12.2. The standard InChI is InChI=1S/C22H23N5O3S/c1-4-14(2)23-19(28)13-26-22(29)27-18-11-6-5-10-17(18)24-21(20(27)25-26)31-16-9-7-8-15(12-16)30-3/h5-12,14H,4,13H2,1-3H3,(H,23,28)/t14-/m0/s1. The van der Waals surface area contributed by atoms with Gasteiger partial charge in [0.05, 0.1) is 18.1 Å². The topological polar surface area (TPSA) is 90.5 Å². The van der Waals surface area contributed by atoms with Crippen molar-refractivity contribution in [2.75, 3.05) is 7.11 Å². The van der Waals surface area contributed by atoms with Crippen molar-refractivity contribution in [1.29, 1.82) is 0 Å². The molecular formula is C22H23N5O3S. The minimum Gasteiger partial charge on any atom is -0.497 e. The Balaban J connectivity index is 1.82. The second-order valence-electron chi connectivity index (χ2n) is 7.16. The van der Waals surface area contributed by atoms with E-state index in [0.717, 1.165) is 17.1 Å². The molecule has 0 bridgehead atoms. The molecule has 0 fully saturated rings. The highest BCUT2D eigenvalue weighted by Crippen LogP contribution is 2.32. The first kappa shape index (κ1) is 20.9. The largest absolute Gasteiger partial charge is 0.497 e. The van der Waals surface area contributed by atoms with Gasteiger partial charge in [0.1, 0.15) is 17.3 Å². The van der Waals surface area contributed by atoms with Crippen LogP contribution in [0.1, 0.15) is 20.3 Å². The Hall–Kier alpha value is -3.33. The highest BCUT2D eigenvalue weighted by Gasteiger charge is 2.19. The van der Waals surface area contributed by atoms with E-state index in [0.29, 0.717) is 21.7 Å². The van der Waals surface area contributed by atoms with Crippen molar-refractivity contribution in [2.45, 2.75) is 42.8 Å². The van der Waals surface area contributed by atoms with Gasteiger partial charge in [-0.25, -0.2) is 18.9 Å². The van der Waals surface area contributed by atoms with Gasteiger partial charge in [-0.05, 0) is 43.7 Å². The van der Waals surface area contributed by atoms with E-state index in [2.05, 4.69) is 10.4 Å². The predicted molar refractivity (Wildman–Crippen MR) is 120 cm³/mol. The molecular weight excluding hydrogens is 414 g/mol. The fraction of sp³-hybridized carbons (Fsp3) is 0.273. The lowest BCUT2D eigenvalue weighted by molar-refractivity contribution is -0.122. The van der Waals surface area contributed by atoms with Gasteiger partial charge in [0.25, 0.3) is 0 Å². The zero-order chi connectivity index (χ0) is 22.0. The van der Waals surface area contributed by atoms with Crippen LogP contribution in [0, 0.1) is 0 Å². The summed E-state index contributed by atoms with van der Waals surface area (Å²) in [6.07, 6.45) is 0.807. The third-order valence-corrected chi connectivity index (χ3v) is 5.90. The van der Waals surface area contributed by atoms with E-state index < -0.39 is 0 Å². The third-order valence-electron chi connectivity index (χ3n) is 4.94. The first-order chi connectivity index (χ1) is 15.0. The van der Waals surface area contributed by atoms with Crippen LogP contribution in [0.4, 0.5) is 0 Å². The maximum atomic E-state index is 13.2. The Morgan fingerprint density at radius 1 is 1.23 bits per heavy atom. The van der Waals surface area contributed by atoms with E-state index in [9.17, 15) is 9.59 Å². The molecule has 0 spiro atoms. The Morgan fingerprint density at radius 2 is 2.03 bits per heavy atom. The molecule has 2 heterocycles. The number of rotatable bonds is 7. The summed E-state index contributed by atoms with van der Waals surface area (Å²) in [5.41, 5.74) is 1.35. The summed E-state index contributed by atoms with van der Waals surface area (Å²) in [6, 6.07) is 15.0. The molecule has 31 heavy (non-hydrogen) atoms. The van der Waals surface area contributed by atoms with Crippen molar-refractivity contribution < 1.29 is 9.53 Å². The molecule has 1 atom stereocenters. The molecule has 0 aliphatic heterocycles. The highest BCUT2D eigenvalue weighted by molar-refractivity contribution is 7.99. The summed E-state index contributed by atoms with van der Waals surface area (Å²) >= 11 is 1.39. The quantitative estimate of drug-likeness (QED) is 0.478. The Morgan fingerprint density at radius 3 is 2.81 bits per heavy atom. The lowest BCUT2D eigenvalue weighted by Gasteiger charge is -2.10. The smallest absolute Gasteiger partial charge is 0.351 e. The van der Waals surface area contributed by atoms with Crippen LogP contribution < -0.4 is 15.7 Å². The summed E-state index contributed by atoms with van der Waals surface area (Å²) in [7, 11) is 1.61. The molecule has 0 aliphatic carbocycles. The van der Waals surface area contributed by atoms with Crippen molar-refractivity contribution in [2.24, 2.45) is 0 Å². The molecule has 1 amide bonds. The van der Waals surface area contributed by atoms with Crippen molar-refractivity contribution in [3.8, 4) is 5.75 Å². The zero-order valence-corrected chi connectivity index (χ0v) is 18.3. The number of methoxy groups -OCH3 is 1. The summed E-state index contributed by atoms with van der Waals surface area (Å²) in [5, 5.41) is 7.91. The summed E-state index contributed by atoms with van der Waals surface area (Å²) in [6.45, 7) is 3.76. The van der Waals surface area contributed by atoms with Gasteiger partial charge in [-0.2, -0.15) is 0 Å². The number of aromatic nitrogens is 4. The monoisotopic (exact) mass is 437 g/mol. The van der Waals surface area contributed by atoms with Crippen LogP contribution in [-0.4, -0.2) is 38.2 Å². The second-order valence-corrected chi connectivity index (χ2v) is 8.22. The maximum absolute atomic E-state index is 13.2. The number of carbonyl (C=O) groups is 1. The number of amides is 1. The van der Waals surface area contributed by atoms with Crippen molar-refractivity contribution in [3.05, 3.63) is 59.0 Å². The maximum Gasteiger partial charge on any atom is 0.351 e. The zero-order valence-electron chi connectivity index (χ0n) is 17.5. The SMILES string of the molecule is CC[C@H](C)NC(=O)Cn1nc2c(Sc3cccc(OC)c3)nc3ccccc3n2c1=O. The minimum atomic E-state index is -0.375. The Kier molecular flexibility index (Phi) is 5.94. The highest BCUT2D eigenvalue weighted by atomic mass is 32.2. The van der Waals surface area contributed by atoms with Crippen molar-refractivity contribution in [1.82, 2.24) is 24.5 Å². The summed E-state index contributed by atoms with van der Waals surface area (Å²) in [4.78, 5) is 31.2. The minimum absolute atomic E-state index is 0.0295.